The van der Waals surface area contributed by atoms with Crippen LogP contribution in [0.3, 0.4) is 0 Å². The van der Waals surface area contributed by atoms with Crippen LogP contribution in [0.15, 0.2) is 0 Å². The minimum absolute atomic E-state index is 0.00706. The molecule has 3 nitrogen and oxygen atoms in total. The number of hydrogen-bond acceptors (Lipinski definition) is 2. The van der Waals surface area contributed by atoms with Crippen LogP contribution in [0.25, 0.3) is 0 Å². The van der Waals surface area contributed by atoms with Gasteiger partial charge in [-0.25, -0.2) is 0 Å². The van der Waals surface area contributed by atoms with Crippen molar-refractivity contribution in [1.82, 2.24) is 4.90 Å². The molecule has 0 aliphatic heterocycles. The second kappa shape index (κ2) is 5.29. The molecule has 0 aromatic rings. The monoisotopic (exact) mass is 221 g/mol. The average Bonchev–Trinajstić information content (AvgIpc) is 1.99. The van der Waals surface area contributed by atoms with Crippen LogP contribution in [0.5, 0.6) is 0 Å². The van der Waals surface area contributed by atoms with E-state index in [0.717, 1.165) is 0 Å². The number of Topliss-reactive ketones (excluding diaryl/α,β-unsaturated/α-hetero) is 1. The molecule has 0 heterocycles. The molecule has 0 rings (SSSR count). The summed E-state index contributed by atoms with van der Waals surface area (Å²) >= 11 is 3.05. The number of rotatable bonds is 4. The van der Waals surface area contributed by atoms with E-state index in [9.17, 15) is 9.59 Å². The first-order valence-electron chi connectivity index (χ1n) is 3.37. The van der Waals surface area contributed by atoms with Gasteiger partial charge in [0.25, 0.3) is 0 Å². The maximum Gasteiger partial charge on any atom is 0.219 e. The molecule has 0 aromatic carbocycles. The average molecular weight is 222 g/mol. The lowest BCUT2D eigenvalue weighted by Crippen LogP contribution is -2.26. The largest absolute Gasteiger partial charge is 0.346 e. The Hall–Kier alpha value is -0.380. The number of halogens is 1. The Morgan fingerprint density at radius 2 is 2.00 bits per heavy atom. The van der Waals surface area contributed by atoms with Gasteiger partial charge < -0.3 is 4.90 Å². The summed E-state index contributed by atoms with van der Waals surface area (Å²) in [6.45, 7) is 2.00. The quantitative estimate of drug-likeness (QED) is 0.660. The summed E-state index contributed by atoms with van der Waals surface area (Å²) in [5.41, 5.74) is 0. The molecular formula is C7H12BrNO2. The molecule has 0 N–H and O–H groups in total. The molecule has 0 spiro atoms. The minimum Gasteiger partial charge on any atom is -0.346 e. The fourth-order valence-electron chi connectivity index (χ4n) is 0.517. The Bertz CT molecular complexity index is 159. The van der Waals surface area contributed by atoms with E-state index in [1.807, 2.05) is 0 Å². The number of hydrogen-bond donors (Lipinski definition) is 0. The summed E-state index contributed by atoms with van der Waals surface area (Å²) < 4.78 is 0. The standard InChI is InChI=1S/C7H12BrNO2/c1-6(10)9(2)4-3-7(11)5-8/h3-5H2,1-2H3. The van der Waals surface area contributed by atoms with Crippen LogP contribution in [-0.2, 0) is 9.59 Å². The van der Waals surface area contributed by atoms with Gasteiger partial charge in [0.05, 0.1) is 5.33 Å². The molecule has 0 bridgehead atoms. The molecule has 4 heteroatoms. The van der Waals surface area contributed by atoms with E-state index in [-0.39, 0.29) is 11.7 Å². The first kappa shape index (κ1) is 10.6. The van der Waals surface area contributed by atoms with E-state index in [2.05, 4.69) is 15.9 Å². The summed E-state index contributed by atoms with van der Waals surface area (Å²) in [4.78, 5) is 22.9. The molecule has 0 saturated heterocycles. The van der Waals surface area contributed by atoms with Crippen molar-refractivity contribution in [3.05, 3.63) is 0 Å². The fourth-order valence-corrected chi connectivity index (χ4v) is 0.797. The van der Waals surface area contributed by atoms with Gasteiger partial charge in [0.15, 0.2) is 0 Å². The first-order valence-corrected chi connectivity index (χ1v) is 4.49. The van der Waals surface area contributed by atoms with Gasteiger partial charge in [0.1, 0.15) is 5.78 Å². The van der Waals surface area contributed by atoms with E-state index >= 15 is 0 Å². The zero-order valence-corrected chi connectivity index (χ0v) is 8.35. The normalized spacial score (nSPS) is 9.36. The molecular weight excluding hydrogens is 210 g/mol. The second-order valence-electron chi connectivity index (χ2n) is 2.36. The van der Waals surface area contributed by atoms with Crippen molar-refractivity contribution < 1.29 is 9.59 Å². The lowest BCUT2D eigenvalue weighted by Gasteiger charge is -2.12. The van der Waals surface area contributed by atoms with Crippen LogP contribution >= 0.6 is 15.9 Å². The third-order valence-corrected chi connectivity index (χ3v) is 2.04. The number of nitrogens with zero attached hydrogens (tertiary/aromatic N) is 1. The maximum atomic E-state index is 10.8. The molecule has 0 saturated carbocycles. The molecule has 0 aliphatic carbocycles. The topological polar surface area (TPSA) is 37.4 Å². The van der Waals surface area contributed by atoms with Crippen LogP contribution in [0, 0.1) is 0 Å². The molecule has 0 fully saturated rings. The molecule has 1 amide bonds. The summed E-state index contributed by atoms with van der Waals surface area (Å²) in [6, 6.07) is 0. The van der Waals surface area contributed by atoms with Crippen molar-refractivity contribution in [3.63, 3.8) is 0 Å². The van der Waals surface area contributed by atoms with E-state index in [0.29, 0.717) is 18.3 Å². The van der Waals surface area contributed by atoms with Gasteiger partial charge in [0, 0.05) is 26.9 Å². The molecule has 0 aliphatic rings. The summed E-state index contributed by atoms with van der Waals surface area (Å²) in [5.74, 6) is 0.116. The third kappa shape index (κ3) is 4.95. The number of ketones is 1. The summed E-state index contributed by atoms with van der Waals surface area (Å²) in [5, 5.41) is 0.374. The van der Waals surface area contributed by atoms with Gasteiger partial charge in [-0.15, -0.1) is 0 Å². The highest BCUT2D eigenvalue weighted by Gasteiger charge is 2.04. The number of amides is 1. The molecule has 0 atom stereocenters. The Kier molecular flexibility index (Phi) is 5.11. The Labute approximate surface area is 74.9 Å². The second-order valence-corrected chi connectivity index (χ2v) is 2.92. The van der Waals surface area contributed by atoms with Crippen molar-refractivity contribution in [1.29, 1.82) is 0 Å². The van der Waals surface area contributed by atoms with Crippen molar-refractivity contribution >= 4 is 27.6 Å². The Morgan fingerprint density at radius 3 is 2.36 bits per heavy atom. The highest BCUT2D eigenvalue weighted by Crippen LogP contribution is 1.92. The Balaban J connectivity index is 3.54. The van der Waals surface area contributed by atoms with Gasteiger partial charge >= 0.3 is 0 Å². The summed E-state index contributed by atoms with van der Waals surface area (Å²) in [6.07, 6.45) is 0.432. The van der Waals surface area contributed by atoms with Crippen LogP contribution in [0.1, 0.15) is 13.3 Å². The Morgan fingerprint density at radius 1 is 1.45 bits per heavy atom. The lowest BCUT2D eigenvalue weighted by molar-refractivity contribution is -0.128. The van der Waals surface area contributed by atoms with E-state index in [1.165, 1.54) is 11.8 Å². The first-order chi connectivity index (χ1) is 5.07. The van der Waals surface area contributed by atoms with Gasteiger partial charge in [-0.1, -0.05) is 15.9 Å². The minimum atomic E-state index is -0.00706. The molecule has 0 unspecified atom stereocenters. The van der Waals surface area contributed by atoms with E-state index in [4.69, 9.17) is 0 Å². The lowest BCUT2D eigenvalue weighted by atomic mass is 10.3. The molecule has 0 aromatic heterocycles. The third-order valence-electron chi connectivity index (χ3n) is 1.41. The van der Waals surface area contributed by atoms with Gasteiger partial charge in [-0.2, -0.15) is 0 Å². The number of carbonyl (C=O) groups is 2. The maximum absolute atomic E-state index is 10.8. The highest BCUT2D eigenvalue weighted by atomic mass is 79.9. The smallest absolute Gasteiger partial charge is 0.219 e. The van der Waals surface area contributed by atoms with Crippen LogP contribution in [0.4, 0.5) is 0 Å². The zero-order valence-electron chi connectivity index (χ0n) is 6.76. The summed E-state index contributed by atoms with van der Waals surface area (Å²) in [7, 11) is 1.68. The van der Waals surface area contributed by atoms with E-state index in [1.54, 1.807) is 7.05 Å². The number of carbonyl (C=O) groups excluding carboxylic acids is 2. The van der Waals surface area contributed by atoms with Crippen molar-refractivity contribution in [2.24, 2.45) is 0 Å². The SMILES string of the molecule is CC(=O)N(C)CCC(=O)CBr. The van der Waals surface area contributed by atoms with Crippen molar-refractivity contribution in [3.8, 4) is 0 Å². The van der Waals surface area contributed by atoms with E-state index < -0.39 is 0 Å². The van der Waals surface area contributed by atoms with Gasteiger partial charge in [-0.3, -0.25) is 9.59 Å². The highest BCUT2D eigenvalue weighted by molar-refractivity contribution is 9.09. The molecule has 0 radical (unpaired) electrons. The van der Waals surface area contributed by atoms with Crippen molar-refractivity contribution in [2.75, 3.05) is 18.9 Å². The number of alkyl halides is 1. The van der Waals surface area contributed by atoms with Crippen molar-refractivity contribution in [2.45, 2.75) is 13.3 Å². The molecule has 11 heavy (non-hydrogen) atoms. The van der Waals surface area contributed by atoms with Gasteiger partial charge in [-0.05, 0) is 0 Å². The van der Waals surface area contributed by atoms with Crippen LogP contribution in [-0.4, -0.2) is 35.5 Å². The van der Waals surface area contributed by atoms with Gasteiger partial charge in [0.2, 0.25) is 5.91 Å². The predicted octanol–water partition coefficient (Wildman–Crippen LogP) is 0.819. The van der Waals surface area contributed by atoms with Crippen LogP contribution < -0.4 is 0 Å². The van der Waals surface area contributed by atoms with Crippen LogP contribution in [0.2, 0.25) is 0 Å². The molecule has 64 valence electrons. The fraction of sp³-hybridized carbons (Fsp3) is 0.714. The predicted molar refractivity (Wildman–Crippen MR) is 46.7 cm³/mol. The zero-order chi connectivity index (χ0) is 8.85.